The second-order valence-electron chi connectivity index (χ2n) is 8.50. The fourth-order valence-electron chi connectivity index (χ4n) is 5.03. The fraction of sp³-hybridized carbons (Fsp3) is 0.609. The molecule has 0 bridgehead atoms. The van der Waals surface area contributed by atoms with Crippen LogP contribution in [0.3, 0.4) is 0 Å². The van der Waals surface area contributed by atoms with E-state index in [0.717, 1.165) is 62.7 Å². The third-order valence-electron chi connectivity index (χ3n) is 6.67. The molecule has 8 heteroatoms. The van der Waals surface area contributed by atoms with Crippen LogP contribution in [0.5, 0.6) is 5.75 Å². The Hall–Kier alpha value is -1.63. The summed E-state index contributed by atoms with van der Waals surface area (Å²) in [6.07, 6.45) is 5.78. The van der Waals surface area contributed by atoms with Gasteiger partial charge in [0.15, 0.2) is 0 Å². The van der Waals surface area contributed by atoms with Gasteiger partial charge in [-0.25, -0.2) is 4.68 Å². The monoisotopic (exact) mass is 466 g/mol. The van der Waals surface area contributed by atoms with Gasteiger partial charge < -0.3 is 9.64 Å². The molecule has 0 amide bonds. The predicted octanol–water partition coefficient (Wildman–Crippen LogP) is 4.81. The molecule has 0 radical (unpaired) electrons. The Bertz CT molecular complexity index is 957. The van der Waals surface area contributed by atoms with Crippen molar-refractivity contribution >= 4 is 28.9 Å². The van der Waals surface area contributed by atoms with Gasteiger partial charge in [0, 0.05) is 44.3 Å². The summed E-state index contributed by atoms with van der Waals surface area (Å²) >= 11 is 12.8. The van der Waals surface area contributed by atoms with Gasteiger partial charge in [0.25, 0.3) is 5.56 Å². The van der Waals surface area contributed by atoms with Crippen LogP contribution in [-0.4, -0.2) is 47.6 Å². The lowest BCUT2D eigenvalue weighted by molar-refractivity contribution is 0.231. The Morgan fingerprint density at radius 3 is 2.42 bits per heavy atom. The standard InChI is InChI=1S/C23H32Cl2N4O2/c1-3-28-20(22(25)23(30)29(28)18-7-5-4-6-8-18)16-26-11-13-27(14-12-26)19-15-17(24)9-10-21(19)31-2/h9-10,15,18H,3-8,11-14,16H2,1-2H3. The Morgan fingerprint density at radius 1 is 1.06 bits per heavy atom. The van der Waals surface area contributed by atoms with E-state index in [1.54, 1.807) is 7.11 Å². The molecule has 1 aromatic heterocycles. The van der Waals surface area contributed by atoms with E-state index >= 15 is 0 Å². The zero-order chi connectivity index (χ0) is 22.0. The van der Waals surface area contributed by atoms with Gasteiger partial charge in [-0.2, -0.15) is 0 Å². The summed E-state index contributed by atoms with van der Waals surface area (Å²) in [5.41, 5.74) is 1.96. The molecule has 4 rings (SSSR count). The number of methoxy groups -OCH3 is 1. The Labute approximate surface area is 194 Å². The molecule has 0 N–H and O–H groups in total. The zero-order valence-electron chi connectivity index (χ0n) is 18.4. The number of benzene rings is 1. The molecule has 1 aliphatic carbocycles. The maximum absolute atomic E-state index is 13.0. The van der Waals surface area contributed by atoms with Crippen LogP contribution < -0.4 is 15.2 Å². The third kappa shape index (κ3) is 4.62. The van der Waals surface area contributed by atoms with E-state index in [4.69, 9.17) is 27.9 Å². The zero-order valence-corrected chi connectivity index (χ0v) is 20.0. The number of ether oxygens (including phenoxy) is 1. The van der Waals surface area contributed by atoms with Gasteiger partial charge in [0.05, 0.1) is 24.5 Å². The van der Waals surface area contributed by atoms with Gasteiger partial charge >= 0.3 is 0 Å². The number of hydrogen-bond donors (Lipinski definition) is 0. The van der Waals surface area contributed by atoms with Gasteiger partial charge in [0.2, 0.25) is 0 Å². The molecule has 2 heterocycles. The van der Waals surface area contributed by atoms with E-state index in [1.807, 2.05) is 22.9 Å². The topological polar surface area (TPSA) is 42.6 Å². The van der Waals surface area contributed by atoms with Gasteiger partial charge in [-0.1, -0.05) is 42.5 Å². The molecule has 0 spiro atoms. The van der Waals surface area contributed by atoms with Crippen molar-refractivity contribution in [2.24, 2.45) is 0 Å². The van der Waals surface area contributed by atoms with E-state index in [9.17, 15) is 4.79 Å². The van der Waals surface area contributed by atoms with Gasteiger partial charge in [-0.05, 0) is 38.0 Å². The highest BCUT2D eigenvalue weighted by Crippen LogP contribution is 2.32. The van der Waals surface area contributed by atoms with E-state index in [-0.39, 0.29) is 11.6 Å². The Kier molecular flexibility index (Phi) is 7.19. The van der Waals surface area contributed by atoms with E-state index in [1.165, 1.54) is 19.3 Å². The molecule has 2 aliphatic rings. The second-order valence-corrected chi connectivity index (χ2v) is 9.31. The molecule has 0 atom stereocenters. The average molecular weight is 467 g/mol. The van der Waals surface area contributed by atoms with Crippen LogP contribution in [0.2, 0.25) is 10.0 Å². The van der Waals surface area contributed by atoms with Crippen molar-refractivity contribution in [2.75, 3.05) is 38.2 Å². The van der Waals surface area contributed by atoms with E-state index in [2.05, 4.69) is 21.4 Å². The quantitative estimate of drug-likeness (QED) is 0.612. The van der Waals surface area contributed by atoms with Gasteiger partial charge in [-0.15, -0.1) is 0 Å². The number of nitrogens with zero attached hydrogens (tertiary/aromatic N) is 4. The summed E-state index contributed by atoms with van der Waals surface area (Å²) in [6.45, 7) is 7.07. The summed E-state index contributed by atoms with van der Waals surface area (Å²) in [4.78, 5) is 17.7. The van der Waals surface area contributed by atoms with Crippen LogP contribution in [0.25, 0.3) is 0 Å². The van der Waals surface area contributed by atoms with E-state index < -0.39 is 0 Å². The highest BCUT2D eigenvalue weighted by molar-refractivity contribution is 6.31. The van der Waals surface area contributed by atoms with E-state index in [0.29, 0.717) is 16.6 Å². The molecule has 2 aromatic rings. The minimum absolute atomic E-state index is 0.0206. The maximum atomic E-state index is 13.0. The van der Waals surface area contributed by atoms with Crippen LogP contribution in [0.15, 0.2) is 23.0 Å². The minimum Gasteiger partial charge on any atom is -0.495 e. The lowest BCUT2D eigenvalue weighted by Crippen LogP contribution is -2.46. The molecule has 6 nitrogen and oxygen atoms in total. The van der Waals surface area contributed by atoms with Crippen LogP contribution >= 0.6 is 23.2 Å². The van der Waals surface area contributed by atoms with Crippen LogP contribution in [0.4, 0.5) is 5.69 Å². The summed E-state index contributed by atoms with van der Waals surface area (Å²) in [6, 6.07) is 6.01. The van der Waals surface area contributed by atoms with Crippen LogP contribution in [-0.2, 0) is 13.1 Å². The summed E-state index contributed by atoms with van der Waals surface area (Å²) in [5, 5.41) is 1.10. The van der Waals surface area contributed by atoms with Crippen molar-refractivity contribution in [3.8, 4) is 5.75 Å². The number of anilines is 1. The highest BCUT2D eigenvalue weighted by Gasteiger charge is 2.27. The fourth-order valence-corrected chi connectivity index (χ4v) is 5.44. The number of rotatable bonds is 6. The Morgan fingerprint density at radius 2 is 1.77 bits per heavy atom. The molecule has 1 aliphatic heterocycles. The first-order valence-electron chi connectivity index (χ1n) is 11.3. The van der Waals surface area contributed by atoms with Crippen LogP contribution in [0.1, 0.15) is 50.8 Å². The lowest BCUT2D eigenvalue weighted by atomic mass is 9.96. The van der Waals surface area contributed by atoms with Crippen LogP contribution in [0, 0.1) is 0 Å². The molecule has 31 heavy (non-hydrogen) atoms. The normalized spacial score (nSPS) is 18.5. The minimum atomic E-state index is -0.0206. The van der Waals surface area contributed by atoms with Gasteiger partial charge in [-0.3, -0.25) is 14.4 Å². The second kappa shape index (κ2) is 9.88. The summed E-state index contributed by atoms with van der Waals surface area (Å²) in [7, 11) is 1.69. The molecular formula is C23H32Cl2N4O2. The summed E-state index contributed by atoms with van der Waals surface area (Å²) < 4.78 is 9.60. The van der Waals surface area contributed by atoms with Gasteiger partial charge in [0.1, 0.15) is 10.8 Å². The number of halogens is 2. The molecular weight excluding hydrogens is 435 g/mol. The first kappa shape index (κ1) is 22.6. The first-order chi connectivity index (χ1) is 15.0. The number of hydrogen-bond acceptors (Lipinski definition) is 4. The van der Waals surface area contributed by atoms with Crippen molar-refractivity contribution in [3.63, 3.8) is 0 Å². The van der Waals surface area contributed by atoms with Crippen molar-refractivity contribution in [1.82, 2.24) is 14.3 Å². The SMILES string of the molecule is CCn1c(CN2CCN(c3cc(Cl)ccc3OC)CC2)c(Cl)c(=O)n1C1CCCCC1. The molecule has 1 aromatic carbocycles. The first-order valence-corrected chi connectivity index (χ1v) is 12.1. The smallest absolute Gasteiger partial charge is 0.286 e. The van der Waals surface area contributed by atoms with Crippen molar-refractivity contribution in [3.05, 3.63) is 44.3 Å². The molecule has 1 saturated heterocycles. The lowest BCUT2D eigenvalue weighted by Gasteiger charge is -2.37. The molecule has 170 valence electrons. The highest BCUT2D eigenvalue weighted by atomic mass is 35.5. The van der Waals surface area contributed by atoms with Crippen molar-refractivity contribution in [1.29, 1.82) is 0 Å². The Balaban J connectivity index is 1.49. The molecule has 2 fully saturated rings. The largest absolute Gasteiger partial charge is 0.495 e. The predicted molar refractivity (Wildman–Crippen MR) is 127 cm³/mol. The van der Waals surface area contributed by atoms with Crippen molar-refractivity contribution in [2.45, 2.75) is 58.2 Å². The molecule has 1 saturated carbocycles. The maximum Gasteiger partial charge on any atom is 0.286 e. The summed E-state index contributed by atoms with van der Waals surface area (Å²) in [5.74, 6) is 0.838. The number of piperazine rings is 1. The molecule has 0 unspecified atom stereocenters. The third-order valence-corrected chi connectivity index (χ3v) is 7.28. The average Bonchev–Trinajstić information content (AvgIpc) is 3.04. The van der Waals surface area contributed by atoms with Crippen molar-refractivity contribution < 1.29 is 4.74 Å². The number of aromatic nitrogens is 2.